The summed E-state index contributed by atoms with van der Waals surface area (Å²) in [4.78, 5) is 11.6. The molecule has 0 aliphatic heterocycles. The van der Waals surface area contributed by atoms with Crippen molar-refractivity contribution in [2.45, 2.75) is 12.8 Å². The van der Waals surface area contributed by atoms with Crippen LogP contribution >= 0.6 is 0 Å². The standard InChI is InChI=1S/C14H14O3/c1-9(14(16)17-2)12-5-3-4-10-8-11(15)6-7-13(10)12/h3-9,15H,1-2H3. The molecule has 0 aromatic heterocycles. The summed E-state index contributed by atoms with van der Waals surface area (Å²) in [6.45, 7) is 1.81. The highest BCUT2D eigenvalue weighted by molar-refractivity contribution is 5.91. The Kier molecular flexibility index (Phi) is 3.00. The first-order valence-electron chi connectivity index (χ1n) is 5.43. The van der Waals surface area contributed by atoms with Gasteiger partial charge >= 0.3 is 5.97 Å². The first kappa shape index (κ1) is 11.5. The number of phenolic OH excluding ortho intramolecular Hbond substituents is 1. The molecule has 3 heteroatoms. The fraction of sp³-hybridized carbons (Fsp3) is 0.214. The Morgan fingerprint density at radius 2 is 2.06 bits per heavy atom. The van der Waals surface area contributed by atoms with E-state index < -0.39 is 0 Å². The van der Waals surface area contributed by atoms with Crippen molar-refractivity contribution in [2.75, 3.05) is 7.11 Å². The molecule has 0 radical (unpaired) electrons. The third-order valence-corrected chi connectivity index (χ3v) is 2.92. The van der Waals surface area contributed by atoms with Crippen LogP contribution in [0.1, 0.15) is 18.4 Å². The van der Waals surface area contributed by atoms with Crippen molar-refractivity contribution in [3.8, 4) is 5.75 Å². The van der Waals surface area contributed by atoms with Gasteiger partial charge in [0, 0.05) is 0 Å². The number of hydrogen-bond donors (Lipinski definition) is 1. The number of esters is 1. The third-order valence-electron chi connectivity index (χ3n) is 2.92. The maximum absolute atomic E-state index is 11.6. The molecule has 0 saturated carbocycles. The van der Waals surface area contributed by atoms with Gasteiger partial charge in [-0.3, -0.25) is 4.79 Å². The average Bonchev–Trinajstić information content (AvgIpc) is 2.35. The summed E-state index contributed by atoms with van der Waals surface area (Å²) in [5, 5.41) is 11.3. The van der Waals surface area contributed by atoms with E-state index in [-0.39, 0.29) is 17.6 Å². The molecule has 0 aliphatic rings. The molecule has 0 aliphatic carbocycles. The molecular formula is C14H14O3. The summed E-state index contributed by atoms with van der Waals surface area (Å²) in [5.74, 6) is -0.348. The van der Waals surface area contributed by atoms with E-state index >= 15 is 0 Å². The second-order valence-corrected chi connectivity index (χ2v) is 4.00. The molecule has 17 heavy (non-hydrogen) atoms. The predicted molar refractivity (Wildman–Crippen MR) is 66.0 cm³/mol. The molecule has 3 nitrogen and oxygen atoms in total. The van der Waals surface area contributed by atoms with Gasteiger partial charge in [0.25, 0.3) is 0 Å². The Morgan fingerprint density at radius 3 is 2.76 bits per heavy atom. The molecule has 0 saturated heterocycles. The fourth-order valence-electron chi connectivity index (χ4n) is 1.98. The number of hydrogen-bond acceptors (Lipinski definition) is 3. The molecule has 2 rings (SSSR count). The molecule has 0 heterocycles. The van der Waals surface area contributed by atoms with Gasteiger partial charge in [-0.15, -0.1) is 0 Å². The first-order valence-corrected chi connectivity index (χ1v) is 5.43. The van der Waals surface area contributed by atoms with E-state index in [1.165, 1.54) is 7.11 Å². The fourth-order valence-corrected chi connectivity index (χ4v) is 1.98. The maximum Gasteiger partial charge on any atom is 0.312 e. The second-order valence-electron chi connectivity index (χ2n) is 4.00. The zero-order chi connectivity index (χ0) is 12.4. The van der Waals surface area contributed by atoms with Crippen molar-refractivity contribution >= 4 is 16.7 Å². The van der Waals surface area contributed by atoms with Gasteiger partial charge in [-0.2, -0.15) is 0 Å². The number of carbonyl (C=O) groups is 1. The van der Waals surface area contributed by atoms with E-state index in [1.807, 2.05) is 31.2 Å². The highest BCUT2D eigenvalue weighted by Gasteiger charge is 2.17. The lowest BCUT2D eigenvalue weighted by Crippen LogP contribution is -2.11. The number of phenols is 1. The third kappa shape index (κ3) is 2.09. The van der Waals surface area contributed by atoms with E-state index in [1.54, 1.807) is 12.1 Å². The average molecular weight is 230 g/mol. The number of carbonyl (C=O) groups excluding carboxylic acids is 1. The quantitative estimate of drug-likeness (QED) is 0.807. The summed E-state index contributed by atoms with van der Waals surface area (Å²) in [7, 11) is 1.38. The van der Waals surface area contributed by atoms with E-state index in [0.29, 0.717) is 0 Å². The van der Waals surface area contributed by atoms with Crippen molar-refractivity contribution in [3.63, 3.8) is 0 Å². The second kappa shape index (κ2) is 4.45. The highest BCUT2D eigenvalue weighted by Crippen LogP contribution is 2.28. The number of methoxy groups -OCH3 is 1. The van der Waals surface area contributed by atoms with Gasteiger partial charge in [0.2, 0.25) is 0 Å². The van der Waals surface area contributed by atoms with Crippen LogP contribution in [0.4, 0.5) is 0 Å². The van der Waals surface area contributed by atoms with Crippen molar-refractivity contribution in [1.29, 1.82) is 0 Å². The van der Waals surface area contributed by atoms with Gasteiger partial charge in [0.15, 0.2) is 0 Å². The van der Waals surface area contributed by atoms with Gasteiger partial charge in [-0.25, -0.2) is 0 Å². The first-order chi connectivity index (χ1) is 8.13. The lowest BCUT2D eigenvalue weighted by molar-refractivity contribution is -0.141. The van der Waals surface area contributed by atoms with Crippen LogP contribution in [-0.2, 0) is 9.53 Å². The molecule has 2 aromatic rings. The highest BCUT2D eigenvalue weighted by atomic mass is 16.5. The Morgan fingerprint density at radius 1 is 1.29 bits per heavy atom. The van der Waals surface area contributed by atoms with Crippen LogP contribution in [0.5, 0.6) is 5.75 Å². The summed E-state index contributed by atoms with van der Waals surface area (Å²) in [6, 6.07) is 10.8. The predicted octanol–water partition coefficient (Wildman–Crippen LogP) is 2.82. The van der Waals surface area contributed by atoms with Gasteiger partial charge in [0.1, 0.15) is 5.75 Å². The smallest absolute Gasteiger partial charge is 0.312 e. The van der Waals surface area contributed by atoms with Crippen LogP contribution in [0.25, 0.3) is 10.8 Å². The van der Waals surface area contributed by atoms with Crippen LogP contribution < -0.4 is 0 Å². The van der Waals surface area contributed by atoms with E-state index in [4.69, 9.17) is 4.74 Å². The van der Waals surface area contributed by atoms with E-state index in [2.05, 4.69) is 0 Å². The molecule has 2 aromatic carbocycles. The van der Waals surface area contributed by atoms with Crippen LogP contribution in [0.15, 0.2) is 36.4 Å². The topological polar surface area (TPSA) is 46.5 Å². The molecule has 0 bridgehead atoms. The maximum atomic E-state index is 11.6. The number of benzene rings is 2. The summed E-state index contributed by atoms with van der Waals surface area (Å²) in [6.07, 6.45) is 0. The summed E-state index contributed by atoms with van der Waals surface area (Å²) >= 11 is 0. The largest absolute Gasteiger partial charge is 0.508 e. The Balaban J connectivity index is 2.58. The molecule has 0 fully saturated rings. The Bertz CT molecular complexity index is 560. The molecule has 88 valence electrons. The molecule has 1 N–H and O–H groups in total. The summed E-state index contributed by atoms with van der Waals surface area (Å²) < 4.78 is 4.75. The molecule has 0 amide bonds. The van der Waals surface area contributed by atoms with E-state index in [9.17, 15) is 9.90 Å². The summed E-state index contributed by atoms with van der Waals surface area (Å²) in [5.41, 5.74) is 0.911. The van der Waals surface area contributed by atoms with E-state index in [0.717, 1.165) is 16.3 Å². The number of aromatic hydroxyl groups is 1. The molecule has 1 unspecified atom stereocenters. The normalized spacial score (nSPS) is 12.4. The SMILES string of the molecule is COC(=O)C(C)c1cccc2cc(O)ccc12. The van der Waals surface area contributed by atoms with Crippen molar-refractivity contribution in [2.24, 2.45) is 0 Å². The monoisotopic (exact) mass is 230 g/mol. The van der Waals surface area contributed by atoms with Gasteiger partial charge in [-0.05, 0) is 35.4 Å². The number of ether oxygens (including phenoxy) is 1. The Labute approximate surface area is 99.6 Å². The molecule has 0 spiro atoms. The minimum absolute atomic E-state index is 0.223. The van der Waals surface area contributed by atoms with Crippen LogP contribution in [0, 0.1) is 0 Å². The van der Waals surface area contributed by atoms with Crippen LogP contribution in [0.3, 0.4) is 0 Å². The lowest BCUT2D eigenvalue weighted by atomic mass is 9.95. The lowest BCUT2D eigenvalue weighted by Gasteiger charge is -2.12. The Hall–Kier alpha value is -2.03. The number of fused-ring (bicyclic) bond motifs is 1. The van der Waals surface area contributed by atoms with Crippen molar-refractivity contribution in [3.05, 3.63) is 42.0 Å². The van der Waals surface area contributed by atoms with Crippen LogP contribution in [-0.4, -0.2) is 18.2 Å². The minimum atomic E-state index is -0.312. The zero-order valence-corrected chi connectivity index (χ0v) is 9.81. The number of rotatable bonds is 2. The van der Waals surface area contributed by atoms with Gasteiger partial charge < -0.3 is 9.84 Å². The van der Waals surface area contributed by atoms with Gasteiger partial charge in [-0.1, -0.05) is 24.3 Å². The van der Waals surface area contributed by atoms with Crippen molar-refractivity contribution < 1.29 is 14.6 Å². The minimum Gasteiger partial charge on any atom is -0.508 e. The van der Waals surface area contributed by atoms with Gasteiger partial charge in [0.05, 0.1) is 13.0 Å². The zero-order valence-electron chi connectivity index (χ0n) is 9.81. The van der Waals surface area contributed by atoms with Crippen molar-refractivity contribution in [1.82, 2.24) is 0 Å². The molecular weight excluding hydrogens is 216 g/mol. The molecule has 1 atom stereocenters. The van der Waals surface area contributed by atoms with Crippen LogP contribution in [0.2, 0.25) is 0 Å².